The van der Waals surface area contributed by atoms with Crippen LogP contribution in [0.25, 0.3) is 0 Å². The third-order valence-corrected chi connectivity index (χ3v) is 2.68. The van der Waals surface area contributed by atoms with Gasteiger partial charge >= 0.3 is 0 Å². The molecule has 1 aromatic rings. The summed E-state index contributed by atoms with van der Waals surface area (Å²) in [6, 6.07) is 3.51. The molecule has 0 spiro atoms. The summed E-state index contributed by atoms with van der Waals surface area (Å²) in [5, 5.41) is 7.55. The first kappa shape index (κ1) is 11.1. The van der Waals surface area contributed by atoms with Crippen molar-refractivity contribution in [3.8, 4) is 5.88 Å². The van der Waals surface area contributed by atoms with E-state index in [-0.39, 0.29) is 17.9 Å². The Morgan fingerprint density at radius 2 is 2.56 bits per heavy atom. The van der Waals surface area contributed by atoms with Crippen molar-refractivity contribution in [2.24, 2.45) is 0 Å². The number of alkyl halides is 1. The zero-order valence-electron chi connectivity index (χ0n) is 8.67. The molecule has 0 radical (unpaired) electrons. The fourth-order valence-electron chi connectivity index (χ4n) is 1.66. The van der Waals surface area contributed by atoms with E-state index in [1.807, 2.05) is 0 Å². The van der Waals surface area contributed by atoms with Crippen molar-refractivity contribution in [3.63, 3.8) is 0 Å². The van der Waals surface area contributed by atoms with Gasteiger partial charge in [0, 0.05) is 25.2 Å². The van der Waals surface area contributed by atoms with Gasteiger partial charge in [-0.2, -0.15) is 5.10 Å². The highest BCUT2D eigenvalue weighted by molar-refractivity contribution is 6.27. The number of carbonyl (C=O) groups excluding carboxylic acids is 1. The van der Waals surface area contributed by atoms with Crippen LogP contribution in [0.2, 0.25) is 0 Å². The first-order chi connectivity index (χ1) is 7.79. The molecule has 1 amide bonds. The lowest BCUT2D eigenvalue weighted by molar-refractivity contribution is -0.127. The summed E-state index contributed by atoms with van der Waals surface area (Å²) >= 11 is 5.49. The molecule has 1 aliphatic heterocycles. The van der Waals surface area contributed by atoms with Crippen molar-refractivity contribution in [2.75, 3.05) is 19.0 Å². The minimum absolute atomic E-state index is 0.0103. The van der Waals surface area contributed by atoms with Crippen molar-refractivity contribution in [3.05, 3.63) is 18.3 Å². The largest absolute Gasteiger partial charge is 0.471 e. The molecule has 2 rings (SSSR count). The molecule has 0 aliphatic carbocycles. The van der Waals surface area contributed by atoms with Gasteiger partial charge in [0.15, 0.2) is 0 Å². The van der Waals surface area contributed by atoms with Crippen LogP contribution in [-0.2, 0) is 4.79 Å². The molecule has 5 nitrogen and oxygen atoms in total. The number of aromatic nitrogens is 2. The van der Waals surface area contributed by atoms with Crippen molar-refractivity contribution in [2.45, 2.75) is 12.5 Å². The molecule has 1 unspecified atom stereocenters. The molecule has 0 N–H and O–H groups in total. The Labute approximate surface area is 98.4 Å². The van der Waals surface area contributed by atoms with Crippen LogP contribution in [0.3, 0.4) is 0 Å². The average Bonchev–Trinajstić information content (AvgIpc) is 2.78. The van der Waals surface area contributed by atoms with Crippen LogP contribution in [0.1, 0.15) is 6.42 Å². The summed E-state index contributed by atoms with van der Waals surface area (Å²) in [6.07, 6.45) is 2.38. The van der Waals surface area contributed by atoms with Crippen LogP contribution in [0, 0.1) is 0 Å². The number of halogens is 1. The van der Waals surface area contributed by atoms with E-state index in [1.165, 1.54) is 0 Å². The van der Waals surface area contributed by atoms with E-state index >= 15 is 0 Å². The topological polar surface area (TPSA) is 55.3 Å². The molecule has 0 saturated carbocycles. The fraction of sp³-hybridized carbons (Fsp3) is 0.500. The van der Waals surface area contributed by atoms with E-state index in [9.17, 15) is 4.79 Å². The van der Waals surface area contributed by atoms with Gasteiger partial charge in [-0.3, -0.25) is 4.79 Å². The molecule has 0 aromatic carbocycles. The molecule has 2 heterocycles. The zero-order valence-corrected chi connectivity index (χ0v) is 9.43. The van der Waals surface area contributed by atoms with Crippen LogP contribution in [0.15, 0.2) is 18.3 Å². The van der Waals surface area contributed by atoms with Gasteiger partial charge in [-0.15, -0.1) is 16.7 Å². The summed E-state index contributed by atoms with van der Waals surface area (Å²) < 4.78 is 5.59. The molecular formula is C10H12ClN3O2. The standard InChI is InChI=1S/C10H12ClN3O2/c11-6-10(15)14-5-3-8(7-14)16-9-2-1-4-12-13-9/h1-2,4,8H,3,5-7H2. The van der Waals surface area contributed by atoms with Gasteiger partial charge in [0.05, 0.1) is 6.54 Å². The lowest BCUT2D eigenvalue weighted by Crippen LogP contribution is -2.31. The van der Waals surface area contributed by atoms with Crippen LogP contribution in [0.5, 0.6) is 5.88 Å². The second-order valence-electron chi connectivity index (χ2n) is 3.56. The molecule has 1 fully saturated rings. The first-order valence-electron chi connectivity index (χ1n) is 5.07. The molecule has 0 bridgehead atoms. The molecule has 1 atom stereocenters. The highest BCUT2D eigenvalue weighted by Gasteiger charge is 2.27. The Balaban J connectivity index is 1.88. The second-order valence-corrected chi connectivity index (χ2v) is 3.83. The maximum atomic E-state index is 11.3. The van der Waals surface area contributed by atoms with Crippen LogP contribution < -0.4 is 4.74 Å². The summed E-state index contributed by atoms with van der Waals surface area (Å²) in [4.78, 5) is 13.0. The van der Waals surface area contributed by atoms with Crippen molar-refractivity contribution < 1.29 is 9.53 Å². The zero-order chi connectivity index (χ0) is 11.4. The number of ether oxygens (including phenoxy) is 1. The fourth-order valence-corrected chi connectivity index (χ4v) is 1.83. The molecule has 1 aromatic heterocycles. The highest BCUT2D eigenvalue weighted by Crippen LogP contribution is 2.15. The minimum Gasteiger partial charge on any atom is -0.471 e. The summed E-state index contributed by atoms with van der Waals surface area (Å²) in [5.41, 5.74) is 0. The predicted molar refractivity (Wildman–Crippen MR) is 58.4 cm³/mol. The number of hydrogen-bond donors (Lipinski definition) is 0. The van der Waals surface area contributed by atoms with Crippen LogP contribution in [-0.4, -0.2) is 46.1 Å². The molecule has 1 aliphatic rings. The third-order valence-electron chi connectivity index (χ3n) is 2.45. The second kappa shape index (κ2) is 5.12. The Morgan fingerprint density at radius 3 is 3.25 bits per heavy atom. The Kier molecular flexibility index (Phi) is 3.56. The number of rotatable bonds is 3. The summed E-state index contributed by atoms with van der Waals surface area (Å²) in [6.45, 7) is 1.26. The van der Waals surface area contributed by atoms with Gasteiger partial charge in [0.2, 0.25) is 11.8 Å². The Bertz CT molecular complexity index is 360. The maximum absolute atomic E-state index is 11.3. The highest BCUT2D eigenvalue weighted by atomic mass is 35.5. The smallest absolute Gasteiger partial charge is 0.237 e. The number of amides is 1. The van der Waals surface area contributed by atoms with E-state index in [1.54, 1.807) is 23.2 Å². The maximum Gasteiger partial charge on any atom is 0.237 e. The Hall–Kier alpha value is -1.36. The number of carbonyl (C=O) groups is 1. The van der Waals surface area contributed by atoms with Gasteiger partial charge in [-0.25, -0.2) is 0 Å². The van der Waals surface area contributed by atoms with Gasteiger partial charge in [-0.05, 0) is 6.07 Å². The van der Waals surface area contributed by atoms with Crippen molar-refractivity contribution >= 4 is 17.5 Å². The van der Waals surface area contributed by atoms with Crippen LogP contribution in [0.4, 0.5) is 0 Å². The van der Waals surface area contributed by atoms with Gasteiger partial charge in [0.1, 0.15) is 12.0 Å². The third kappa shape index (κ3) is 2.61. The quantitative estimate of drug-likeness (QED) is 0.731. The van der Waals surface area contributed by atoms with Gasteiger partial charge in [0.25, 0.3) is 0 Å². The Morgan fingerprint density at radius 1 is 1.69 bits per heavy atom. The average molecular weight is 242 g/mol. The number of likely N-dealkylation sites (tertiary alicyclic amines) is 1. The SMILES string of the molecule is O=C(CCl)N1CCC(Oc2cccnn2)C1. The number of nitrogens with zero attached hydrogens (tertiary/aromatic N) is 3. The molecule has 86 valence electrons. The van der Waals surface area contributed by atoms with Gasteiger partial charge < -0.3 is 9.64 Å². The lowest BCUT2D eigenvalue weighted by atomic mass is 10.3. The lowest BCUT2D eigenvalue weighted by Gasteiger charge is -2.15. The molecule has 6 heteroatoms. The summed E-state index contributed by atoms with van der Waals surface area (Å²) in [7, 11) is 0. The normalized spacial score (nSPS) is 19.8. The summed E-state index contributed by atoms with van der Waals surface area (Å²) in [5.74, 6) is 0.470. The number of hydrogen-bond acceptors (Lipinski definition) is 4. The van der Waals surface area contributed by atoms with E-state index in [0.29, 0.717) is 19.0 Å². The van der Waals surface area contributed by atoms with Crippen molar-refractivity contribution in [1.82, 2.24) is 15.1 Å². The predicted octanol–water partition coefficient (Wildman–Crippen LogP) is 0.695. The first-order valence-corrected chi connectivity index (χ1v) is 5.61. The van der Waals surface area contributed by atoms with Crippen LogP contribution >= 0.6 is 11.6 Å². The molecule has 16 heavy (non-hydrogen) atoms. The minimum atomic E-state index is -0.0492. The van der Waals surface area contributed by atoms with E-state index in [0.717, 1.165) is 6.42 Å². The molecular weight excluding hydrogens is 230 g/mol. The van der Waals surface area contributed by atoms with Gasteiger partial charge in [-0.1, -0.05) is 0 Å². The molecule has 1 saturated heterocycles. The monoisotopic (exact) mass is 241 g/mol. The van der Waals surface area contributed by atoms with Crippen molar-refractivity contribution in [1.29, 1.82) is 0 Å². The van der Waals surface area contributed by atoms with E-state index < -0.39 is 0 Å². The van der Waals surface area contributed by atoms with E-state index in [2.05, 4.69) is 10.2 Å². The van der Waals surface area contributed by atoms with E-state index in [4.69, 9.17) is 16.3 Å².